The molecular weight excluding hydrogens is 410 g/mol. The van der Waals surface area contributed by atoms with Crippen LogP contribution >= 0.6 is 0 Å². The van der Waals surface area contributed by atoms with Crippen LogP contribution in [0.5, 0.6) is 11.5 Å². The Morgan fingerprint density at radius 3 is 2.18 bits per heavy atom. The van der Waals surface area contributed by atoms with Gasteiger partial charge in [-0.15, -0.1) is 0 Å². The Bertz CT molecular complexity index is 1440. The molecule has 164 valence electrons. The van der Waals surface area contributed by atoms with Crippen LogP contribution < -0.4 is 9.47 Å². The van der Waals surface area contributed by atoms with E-state index in [9.17, 15) is 4.79 Å². The van der Waals surface area contributed by atoms with Crippen molar-refractivity contribution in [2.24, 2.45) is 0 Å². The van der Waals surface area contributed by atoms with Gasteiger partial charge in [-0.3, -0.25) is 4.79 Å². The summed E-state index contributed by atoms with van der Waals surface area (Å²) < 4.78 is 14.3. The van der Waals surface area contributed by atoms with Gasteiger partial charge < -0.3 is 14.0 Å². The number of aromatic nitrogens is 1. The van der Waals surface area contributed by atoms with Crippen LogP contribution in [0, 0.1) is 6.92 Å². The first-order valence-corrected chi connectivity index (χ1v) is 11.1. The summed E-state index contributed by atoms with van der Waals surface area (Å²) in [5.74, 6) is 0.659. The van der Waals surface area contributed by atoms with Crippen LogP contribution in [0.4, 0.5) is 0 Å². The van der Waals surface area contributed by atoms with Gasteiger partial charge in [-0.1, -0.05) is 78.9 Å². The molecule has 5 rings (SSSR count). The summed E-state index contributed by atoms with van der Waals surface area (Å²) in [4.78, 5) is 12.0. The van der Waals surface area contributed by atoms with Gasteiger partial charge in [0, 0.05) is 29.8 Å². The molecule has 4 heteroatoms. The lowest BCUT2D eigenvalue weighted by molar-refractivity contribution is -0.132. The number of fused-ring (bicyclic) bond motifs is 3. The fraction of sp³-hybridized carbons (Fsp3) is 0.138. The smallest absolute Gasteiger partial charge is 0.308 e. The summed E-state index contributed by atoms with van der Waals surface area (Å²) >= 11 is 0. The van der Waals surface area contributed by atoms with Gasteiger partial charge in [0.25, 0.3) is 0 Å². The van der Waals surface area contributed by atoms with E-state index in [1.807, 2.05) is 54.6 Å². The largest absolute Gasteiger partial charge is 0.483 e. The van der Waals surface area contributed by atoms with Crippen molar-refractivity contribution in [2.75, 3.05) is 0 Å². The molecule has 0 unspecified atom stereocenters. The molecule has 1 heterocycles. The third kappa shape index (κ3) is 4.08. The van der Waals surface area contributed by atoms with Crippen LogP contribution in [0.3, 0.4) is 0 Å². The number of ether oxygens (including phenoxy) is 2. The van der Waals surface area contributed by atoms with E-state index in [1.165, 1.54) is 12.5 Å². The summed E-state index contributed by atoms with van der Waals surface area (Å²) in [6, 6.07) is 30.6. The molecule has 0 aliphatic heterocycles. The molecule has 0 atom stereocenters. The minimum absolute atomic E-state index is 0.371. The van der Waals surface area contributed by atoms with E-state index in [0.29, 0.717) is 24.7 Å². The highest BCUT2D eigenvalue weighted by atomic mass is 16.6. The van der Waals surface area contributed by atoms with Gasteiger partial charge in [-0.25, -0.2) is 0 Å². The Balaban J connectivity index is 1.77. The first kappa shape index (κ1) is 20.8. The number of benzene rings is 4. The van der Waals surface area contributed by atoms with Gasteiger partial charge in [-0.05, 0) is 35.7 Å². The Labute approximate surface area is 193 Å². The molecule has 0 aliphatic carbocycles. The second-order valence-corrected chi connectivity index (χ2v) is 8.20. The van der Waals surface area contributed by atoms with Crippen molar-refractivity contribution in [2.45, 2.75) is 27.0 Å². The van der Waals surface area contributed by atoms with Crippen molar-refractivity contribution < 1.29 is 14.3 Å². The number of nitrogens with zero attached hydrogens (tertiary/aromatic N) is 1. The van der Waals surface area contributed by atoms with Crippen LogP contribution in [0.2, 0.25) is 0 Å². The molecule has 4 nitrogen and oxygen atoms in total. The highest BCUT2D eigenvalue weighted by Gasteiger charge is 2.22. The molecule has 0 radical (unpaired) electrons. The molecule has 4 aromatic carbocycles. The molecule has 0 saturated carbocycles. The zero-order chi connectivity index (χ0) is 22.8. The minimum Gasteiger partial charge on any atom is -0.483 e. The standard InChI is InChI=1S/C29H25NO3/c1-20-17-26(33-21(2)31)29(32-19-23-13-7-4-8-14-23)28-27(20)24-15-9-10-16-25(24)30(28)18-22-11-5-3-6-12-22/h3-17H,18-19H2,1-2H3. The van der Waals surface area contributed by atoms with Crippen LogP contribution in [-0.4, -0.2) is 10.5 Å². The molecule has 0 aliphatic rings. The van der Waals surface area contributed by atoms with E-state index in [2.05, 4.69) is 47.9 Å². The van der Waals surface area contributed by atoms with Gasteiger partial charge >= 0.3 is 5.97 Å². The Morgan fingerprint density at radius 1 is 0.848 bits per heavy atom. The van der Waals surface area contributed by atoms with E-state index in [4.69, 9.17) is 9.47 Å². The number of para-hydroxylation sites is 1. The number of carbonyl (C=O) groups is 1. The summed E-state index contributed by atoms with van der Waals surface area (Å²) in [6.45, 7) is 4.52. The molecule has 0 spiro atoms. The molecule has 0 saturated heterocycles. The lowest BCUT2D eigenvalue weighted by Gasteiger charge is -2.17. The molecule has 1 aromatic heterocycles. The van der Waals surface area contributed by atoms with Crippen molar-refractivity contribution in [3.63, 3.8) is 0 Å². The minimum atomic E-state index is -0.371. The van der Waals surface area contributed by atoms with Crippen LogP contribution in [0.15, 0.2) is 91.0 Å². The number of esters is 1. The van der Waals surface area contributed by atoms with Crippen molar-refractivity contribution in [3.8, 4) is 11.5 Å². The highest BCUT2D eigenvalue weighted by molar-refractivity contribution is 6.12. The van der Waals surface area contributed by atoms with E-state index < -0.39 is 0 Å². The molecule has 0 bridgehead atoms. The van der Waals surface area contributed by atoms with E-state index in [0.717, 1.165) is 32.9 Å². The van der Waals surface area contributed by atoms with E-state index in [1.54, 1.807) is 0 Å². The van der Waals surface area contributed by atoms with E-state index in [-0.39, 0.29) is 5.97 Å². The SMILES string of the molecule is CC(=O)Oc1cc(C)c2c3ccccc3n(Cc3ccccc3)c2c1OCc1ccccc1. The van der Waals surface area contributed by atoms with Crippen LogP contribution in [0.25, 0.3) is 21.8 Å². The van der Waals surface area contributed by atoms with E-state index >= 15 is 0 Å². The van der Waals surface area contributed by atoms with Gasteiger partial charge in [0.1, 0.15) is 6.61 Å². The average molecular weight is 436 g/mol. The Kier molecular flexibility index (Phi) is 5.57. The van der Waals surface area contributed by atoms with Gasteiger partial charge in [0.15, 0.2) is 11.5 Å². The fourth-order valence-electron chi connectivity index (χ4n) is 4.42. The first-order chi connectivity index (χ1) is 16.1. The average Bonchev–Trinajstić information content (AvgIpc) is 3.14. The number of hydrogen-bond acceptors (Lipinski definition) is 3. The monoisotopic (exact) mass is 435 g/mol. The second kappa shape index (κ2) is 8.83. The maximum Gasteiger partial charge on any atom is 0.308 e. The third-order valence-corrected chi connectivity index (χ3v) is 5.81. The molecular formula is C29H25NO3. The lowest BCUT2D eigenvalue weighted by Crippen LogP contribution is -2.07. The van der Waals surface area contributed by atoms with Crippen molar-refractivity contribution in [1.82, 2.24) is 4.57 Å². The predicted molar refractivity (Wildman–Crippen MR) is 132 cm³/mol. The van der Waals surface area contributed by atoms with Gasteiger partial charge in [0.05, 0.1) is 5.52 Å². The summed E-state index contributed by atoms with van der Waals surface area (Å²) in [5, 5.41) is 2.26. The first-order valence-electron chi connectivity index (χ1n) is 11.1. The topological polar surface area (TPSA) is 40.5 Å². The van der Waals surface area contributed by atoms with Gasteiger partial charge in [0.2, 0.25) is 0 Å². The summed E-state index contributed by atoms with van der Waals surface area (Å²) in [7, 11) is 0. The number of hydrogen-bond donors (Lipinski definition) is 0. The highest BCUT2D eigenvalue weighted by Crippen LogP contribution is 2.43. The third-order valence-electron chi connectivity index (χ3n) is 5.81. The number of rotatable bonds is 6. The normalized spacial score (nSPS) is 11.1. The zero-order valence-corrected chi connectivity index (χ0v) is 18.7. The molecule has 0 N–H and O–H groups in total. The molecule has 33 heavy (non-hydrogen) atoms. The van der Waals surface area contributed by atoms with Gasteiger partial charge in [-0.2, -0.15) is 0 Å². The van der Waals surface area contributed by atoms with Crippen LogP contribution in [0.1, 0.15) is 23.6 Å². The van der Waals surface area contributed by atoms with Crippen molar-refractivity contribution in [3.05, 3.63) is 108 Å². The zero-order valence-electron chi connectivity index (χ0n) is 18.7. The maximum absolute atomic E-state index is 12.0. The maximum atomic E-state index is 12.0. The quantitative estimate of drug-likeness (QED) is 0.221. The summed E-state index contributed by atoms with van der Waals surface area (Å²) in [6.07, 6.45) is 0. The predicted octanol–water partition coefficient (Wildman–Crippen LogP) is 6.66. The summed E-state index contributed by atoms with van der Waals surface area (Å²) in [5.41, 5.74) is 5.32. The molecule has 0 amide bonds. The van der Waals surface area contributed by atoms with Crippen molar-refractivity contribution in [1.29, 1.82) is 0 Å². The number of aryl methyl sites for hydroxylation is 1. The fourth-order valence-corrected chi connectivity index (χ4v) is 4.42. The molecule has 5 aromatic rings. The Hall–Kier alpha value is -4.05. The number of carbonyl (C=O) groups excluding carboxylic acids is 1. The second-order valence-electron chi connectivity index (χ2n) is 8.20. The lowest BCUT2D eigenvalue weighted by atomic mass is 10.1. The van der Waals surface area contributed by atoms with Crippen molar-refractivity contribution >= 4 is 27.8 Å². The Morgan fingerprint density at radius 2 is 1.48 bits per heavy atom. The molecule has 0 fully saturated rings. The van der Waals surface area contributed by atoms with Crippen LogP contribution in [-0.2, 0) is 17.9 Å².